The fraction of sp³-hybridized carbons (Fsp3) is 0.250. The number of nitrogen functional groups attached to an aromatic ring is 1. The number of anilines is 3. The van der Waals surface area contributed by atoms with E-state index in [0.29, 0.717) is 18.0 Å². The molecule has 0 atom stereocenters. The summed E-state index contributed by atoms with van der Waals surface area (Å²) in [5.41, 5.74) is 11.1. The first-order chi connectivity index (χ1) is 9.52. The van der Waals surface area contributed by atoms with Crippen molar-refractivity contribution in [2.45, 2.75) is 20.8 Å². The van der Waals surface area contributed by atoms with Crippen LogP contribution in [-0.2, 0) is 0 Å². The Morgan fingerprint density at radius 2 is 1.85 bits per heavy atom. The van der Waals surface area contributed by atoms with Gasteiger partial charge in [-0.25, -0.2) is 0 Å². The van der Waals surface area contributed by atoms with E-state index >= 15 is 0 Å². The molecule has 0 aromatic heterocycles. The molecule has 4 heteroatoms. The van der Waals surface area contributed by atoms with Crippen LogP contribution in [0.1, 0.15) is 18.1 Å². The van der Waals surface area contributed by atoms with Gasteiger partial charge < -0.3 is 15.8 Å². The molecular weight excluding hydrogens is 316 g/mol. The standard InChI is InChI=1S/C16H19BrN2O/c1-4-20-14-7-5-6-13(15(14)18)19-16-10(2)8-12(17)9-11(16)3/h5-9,19H,4,18H2,1-3H3. The molecule has 20 heavy (non-hydrogen) atoms. The van der Waals surface area contributed by atoms with Gasteiger partial charge in [-0.05, 0) is 56.2 Å². The Morgan fingerprint density at radius 1 is 1.20 bits per heavy atom. The molecule has 0 amide bonds. The Hall–Kier alpha value is -1.68. The van der Waals surface area contributed by atoms with Gasteiger partial charge in [-0.2, -0.15) is 0 Å². The number of hydrogen-bond donors (Lipinski definition) is 2. The molecule has 0 bridgehead atoms. The average Bonchev–Trinajstić information content (AvgIpc) is 2.38. The van der Waals surface area contributed by atoms with Crippen LogP contribution in [0.2, 0.25) is 0 Å². The van der Waals surface area contributed by atoms with Gasteiger partial charge in [0.2, 0.25) is 0 Å². The summed E-state index contributed by atoms with van der Waals surface area (Å²) in [4.78, 5) is 0. The molecule has 2 aromatic carbocycles. The molecule has 0 saturated heterocycles. The maximum atomic E-state index is 6.15. The number of halogens is 1. The summed E-state index contributed by atoms with van der Waals surface area (Å²) in [5, 5.41) is 3.41. The van der Waals surface area contributed by atoms with Crippen molar-refractivity contribution in [3.8, 4) is 5.75 Å². The second-order valence-corrected chi connectivity index (χ2v) is 5.61. The zero-order chi connectivity index (χ0) is 14.7. The van der Waals surface area contributed by atoms with Gasteiger partial charge in [-0.1, -0.05) is 22.0 Å². The van der Waals surface area contributed by atoms with E-state index in [1.54, 1.807) is 0 Å². The minimum atomic E-state index is 0.601. The Kier molecular flexibility index (Phi) is 4.55. The topological polar surface area (TPSA) is 47.3 Å². The lowest BCUT2D eigenvalue weighted by Crippen LogP contribution is -2.02. The van der Waals surface area contributed by atoms with Gasteiger partial charge in [0.25, 0.3) is 0 Å². The number of aryl methyl sites for hydroxylation is 2. The molecule has 0 aliphatic rings. The van der Waals surface area contributed by atoms with Gasteiger partial charge in [-0.15, -0.1) is 0 Å². The third-order valence-electron chi connectivity index (χ3n) is 3.12. The van der Waals surface area contributed by atoms with Gasteiger partial charge in [-0.3, -0.25) is 0 Å². The Balaban J connectivity index is 2.38. The number of para-hydroxylation sites is 1. The lowest BCUT2D eigenvalue weighted by atomic mass is 10.1. The first-order valence-corrected chi connectivity index (χ1v) is 7.37. The van der Waals surface area contributed by atoms with E-state index in [4.69, 9.17) is 10.5 Å². The van der Waals surface area contributed by atoms with Crippen LogP contribution in [0.3, 0.4) is 0 Å². The van der Waals surface area contributed by atoms with Crippen molar-refractivity contribution in [3.63, 3.8) is 0 Å². The molecule has 0 radical (unpaired) electrons. The first kappa shape index (κ1) is 14.7. The molecule has 0 aliphatic carbocycles. The Bertz CT molecular complexity index is 603. The Morgan fingerprint density at radius 3 is 2.45 bits per heavy atom. The van der Waals surface area contributed by atoms with Crippen molar-refractivity contribution in [1.82, 2.24) is 0 Å². The minimum absolute atomic E-state index is 0.601. The highest BCUT2D eigenvalue weighted by Gasteiger charge is 2.09. The number of benzene rings is 2. The second kappa shape index (κ2) is 6.18. The Labute approximate surface area is 128 Å². The van der Waals surface area contributed by atoms with Crippen LogP contribution in [0, 0.1) is 13.8 Å². The van der Waals surface area contributed by atoms with Crippen LogP contribution < -0.4 is 15.8 Å². The fourth-order valence-corrected chi connectivity index (χ4v) is 2.86. The first-order valence-electron chi connectivity index (χ1n) is 6.58. The van der Waals surface area contributed by atoms with Gasteiger partial charge >= 0.3 is 0 Å². The van der Waals surface area contributed by atoms with E-state index in [-0.39, 0.29) is 0 Å². The van der Waals surface area contributed by atoms with Gasteiger partial charge in [0.15, 0.2) is 0 Å². The lowest BCUT2D eigenvalue weighted by molar-refractivity contribution is 0.342. The smallest absolute Gasteiger partial charge is 0.144 e. The number of ether oxygens (including phenoxy) is 1. The highest BCUT2D eigenvalue weighted by molar-refractivity contribution is 9.10. The van der Waals surface area contributed by atoms with E-state index < -0.39 is 0 Å². The molecule has 0 unspecified atom stereocenters. The molecule has 3 N–H and O–H groups in total. The van der Waals surface area contributed by atoms with Crippen molar-refractivity contribution < 1.29 is 4.74 Å². The summed E-state index contributed by atoms with van der Waals surface area (Å²) >= 11 is 3.51. The van der Waals surface area contributed by atoms with Crippen LogP contribution in [0.4, 0.5) is 17.1 Å². The van der Waals surface area contributed by atoms with E-state index in [9.17, 15) is 0 Å². The minimum Gasteiger partial charge on any atom is -0.492 e. The maximum Gasteiger partial charge on any atom is 0.144 e. The zero-order valence-electron chi connectivity index (χ0n) is 12.0. The summed E-state index contributed by atoms with van der Waals surface area (Å²) in [5.74, 6) is 0.713. The van der Waals surface area contributed by atoms with Crippen LogP contribution >= 0.6 is 15.9 Å². The van der Waals surface area contributed by atoms with Gasteiger partial charge in [0, 0.05) is 10.2 Å². The molecule has 3 nitrogen and oxygen atoms in total. The van der Waals surface area contributed by atoms with E-state index in [1.165, 1.54) is 0 Å². The lowest BCUT2D eigenvalue weighted by Gasteiger charge is -2.16. The van der Waals surface area contributed by atoms with Crippen molar-refractivity contribution in [2.24, 2.45) is 0 Å². The van der Waals surface area contributed by atoms with Gasteiger partial charge in [0.05, 0.1) is 18.0 Å². The maximum absolute atomic E-state index is 6.15. The summed E-state index contributed by atoms with van der Waals surface area (Å²) in [6.07, 6.45) is 0. The molecule has 2 rings (SSSR count). The summed E-state index contributed by atoms with van der Waals surface area (Å²) in [6, 6.07) is 9.94. The number of nitrogens with two attached hydrogens (primary N) is 1. The van der Waals surface area contributed by atoms with Gasteiger partial charge in [0.1, 0.15) is 5.75 Å². The molecule has 0 fully saturated rings. The molecule has 106 valence electrons. The molecule has 0 heterocycles. The molecular formula is C16H19BrN2O. The van der Waals surface area contributed by atoms with Crippen molar-refractivity contribution in [3.05, 3.63) is 45.9 Å². The zero-order valence-corrected chi connectivity index (χ0v) is 13.5. The number of rotatable bonds is 4. The van der Waals surface area contributed by atoms with Crippen LogP contribution in [0.15, 0.2) is 34.8 Å². The third-order valence-corrected chi connectivity index (χ3v) is 3.58. The average molecular weight is 335 g/mol. The second-order valence-electron chi connectivity index (χ2n) is 4.69. The van der Waals surface area contributed by atoms with Crippen molar-refractivity contribution in [2.75, 3.05) is 17.7 Å². The number of hydrogen-bond acceptors (Lipinski definition) is 3. The summed E-state index contributed by atoms with van der Waals surface area (Å²) < 4.78 is 6.60. The summed E-state index contributed by atoms with van der Waals surface area (Å²) in [6.45, 7) is 6.69. The van der Waals surface area contributed by atoms with Crippen LogP contribution in [-0.4, -0.2) is 6.61 Å². The van der Waals surface area contributed by atoms with Crippen molar-refractivity contribution in [1.29, 1.82) is 0 Å². The normalized spacial score (nSPS) is 10.4. The molecule has 0 spiro atoms. The molecule has 0 saturated carbocycles. The van der Waals surface area contributed by atoms with E-state index in [1.807, 2.05) is 25.1 Å². The highest BCUT2D eigenvalue weighted by atomic mass is 79.9. The van der Waals surface area contributed by atoms with Crippen molar-refractivity contribution >= 4 is 33.0 Å². The predicted octanol–water partition coefficient (Wildman–Crippen LogP) is 4.79. The number of nitrogens with one attached hydrogen (secondary N) is 1. The highest BCUT2D eigenvalue weighted by Crippen LogP contribution is 2.34. The largest absolute Gasteiger partial charge is 0.492 e. The van der Waals surface area contributed by atoms with E-state index in [2.05, 4.69) is 47.2 Å². The fourth-order valence-electron chi connectivity index (χ4n) is 2.18. The third kappa shape index (κ3) is 3.07. The van der Waals surface area contributed by atoms with Crippen LogP contribution in [0.5, 0.6) is 5.75 Å². The molecule has 2 aromatic rings. The summed E-state index contributed by atoms with van der Waals surface area (Å²) in [7, 11) is 0. The predicted molar refractivity (Wildman–Crippen MR) is 88.9 cm³/mol. The monoisotopic (exact) mass is 334 g/mol. The van der Waals surface area contributed by atoms with E-state index in [0.717, 1.165) is 27.0 Å². The van der Waals surface area contributed by atoms with Crippen LogP contribution in [0.25, 0.3) is 0 Å². The molecule has 0 aliphatic heterocycles. The SMILES string of the molecule is CCOc1cccc(Nc2c(C)cc(Br)cc2C)c1N. The quantitative estimate of drug-likeness (QED) is 0.790.